The predicted molar refractivity (Wildman–Crippen MR) is 97.3 cm³/mol. The number of fused-ring (bicyclic) bond motifs is 1. The van der Waals surface area contributed by atoms with Gasteiger partial charge in [0.1, 0.15) is 0 Å². The van der Waals surface area contributed by atoms with Gasteiger partial charge in [-0.2, -0.15) is 0 Å². The smallest absolute Gasteiger partial charge is 0.307 e. The number of aliphatic carboxylic acids is 1. The highest BCUT2D eigenvalue weighted by atomic mass is 35.5. The summed E-state index contributed by atoms with van der Waals surface area (Å²) in [5.74, 6) is -1.70. The van der Waals surface area contributed by atoms with E-state index in [1.54, 1.807) is 16.2 Å². The van der Waals surface area contributed by atoms with Crippen LogP contribution in [0.5, 0.6) is 0 Å². The number of carboxylic acid groups (broad SMARTS) is 1. The molecule has 1 N–H and O–H groups in total. The number of nitrogens with zero attached hydrogens (tertiary/aromatic N) is 3. The lowest BCUT2D eigenvalue weighted by Gasteiger charge is -2.40. The Morgan fingerprint density at radius 2 is 1.88 bits per heavy atom. The van der Waals surface area contributed by atoms with Crippen LogP contribution in [0.4, 0.5) is 5.13 Å². The van der Waals surface area contributed by atoms with Gasteiger partial charge in [0.2, 0.25) is 5.91 Å². The number of benzene rings is 1. The van der Waals surface area contributed by atoms with E-state index in [0.29, 0.717) is 44.0 Å². The van der Waals surface area contributed by atoms with Gasteiger partial charge in [0, 0.05) is 31.2 Å². The molecule has 132 valence electrons. The molecule has 8 heteroatoms. The molecule has 1 aromatic heterocycles. The Bertz CT molecular complexity index is 832. The Labute approximate surface area is 154 Å². The molecule has 2 aromatic rings. The number of carboxylic acids is 1. The third kappa shape index (κ3) is 3.06. The first-order chi connectivity index (χ1) is 12.0. The van der Waals surface area contributed by atoms with Gasteiger partial charge in [-0.1, -0.05) is 22.9 Å². The molecular formula is C17H18ClN3O3S. The summed E-state index contributed by atoms with van der Waals surface area (Å²) in [6.07, 6.45) is 1.30. The van der Waals surface area contributed by atoms with Gasteiger partial charge in [-0.05, 0) is 31.0 Å². The first-order valence-corrected chi connectivity index (χ1v) is 9.55. The molecule has 1 saturated heterocycles. The zero-order chi connectivity index (χ0) is 17.6. The summed E-state index contributed by atoms with van der Waals surface area (Å²) in [6.45, 7) is 2.64. The summed E-state index contributed by atoms with van der Waals surface area (Å²) in [5, 5.41) is 10.8. The summed E-state index contributed by atoms with van der Waals surface area (Å²) < 4.78 is 1.06. The summed E-state index contributed by atoms with van der Waals surface area (Å²) >= 11 is 7.63. The zero-order valence-electron chi connectivity index (χ0n) is 13.5. The highest BCUT2D eigenvalue weighted by Crippen LogP contribution is 2.36. The molecule has 25 heavy (non-hydrogen) atoms. The van der Waals surface area contributed by atoms with Gasteiger partial charge in [0.05, 0.1) is 22.1 Å². The highest BCUT2D eigenvalue weighted by Gasteiger charge is 2.43. The SMILES string of the molecule is O=C(O)[C@@H]1CC[C@@H]1C(=O)N1CCN(c2nc3ccc(Cl)cc3s2)CC1. The Morgan fingerprint density at radius 1 is 1.16 bits per heavy atom. The van der Waals surface area contributed by atoms with E-state index in [-0.39, 0.29) is 11.8 Å². The minimum absolute atomic E-state index is 0.00520. The quantitative estimate of drug-likeness (QED) is 0.887. The van der Waals surface area contributed by atoms with Crippen molar-refractivity contribution in [2.24, 2.45) is 11.8 Å². The fourth-order valence-corrected chi connectivity index (χ4v) is 4.76. The van der Waals surface area contributed by atoms with Crippen molar-refractivity contribution in [2.75, 3.05) is 31.1 Å². The maximum absolute atomic E-state index is 12.5. The molecule has 1 aliphatic carbocycles. The normalized spacial score (nSPS) is 23.6. The Kier molecular flexibility index (Phi) is 4.29. The van der Waals surface area contributed by atoms with Gasteiger partial charge >= 0.3 is 5.97 Å². The number of aromatic nitrogens is 1. The zero-order valence-corrected chi connectivity index (χ0v) is 15.1. The third-order valence-corrected chi connectivity index (χ3v) is 6.42. The number of carbonyl (C=O) groups is 2. The highest BCUT2D eigenvalue weighted by molar-refractivity contribution is 7.22. The van der Waals surface area contributed by atoms with Crippen molar-refractivity contribution in [3.8, 4) is 0 Å². The second kappa shape index (κ2) is 6.46. The fraction of sp³-hybridized carbons (Fsp3) is 0.471. The van der Waals surface area contributed by atoms with Crippen molar-refractivity contribution in [1.82, 2.24) is 9.88 Å². The van der Waals surface area contributed by atoms with Crippen molar-refractivity contribution in [2.45, 2.75) is 12.8 Å². The predicted octanol–water partition coefficient (Wildman–Crippen LogP) is 2.71. The summed E-state index contributed by atoms with van der Waals surface area (Å²) in [4.78, 5) is 32.3. The third-order valence-electron chi connectivity index (χ3n) is 5.11. The molecule has 1 saturated carbocycles. The van der Waals surface area contributed by atoms with Crippen LogP contribution < -0.4 is 4.90 Å². The van der Waals surface area contributed by atoms with E-state index < -0.39 is 11.9 Å². The molecule has 1 aromatic carbocycles. The number of anilines is 1. The Hall–Kier alpha value is -1.86. The van der Waals surface area contributed by atoms with E-state index >= 15 is 0 Å². The molecule has 0 radical (unpaired) electrons. The number of thiazole rings is 1. The minimum atomic E-state index is -0.851. The lowest BCUT2D eigenvalue weighted by atomic mass is 9.73. The number of hydrogen-bond acceptors (Lipinski definition) is 5. The van der Waals surface area contributed by atoms with Gasteiger partial charge in [-0.3, -0.25) is 9.59 Å². The van der Waals surface area contributed by atoms with E-state index in [0.717, 1.165) is 15.3 Å². The van der Waals surface area contributed by atoms with Gasteiger partial charge in [0.25, 0.3) is 0 Å². The van der Waals surface area contributed by atoms with Crippen LogP contribution in [-0.2, 0) is 9.59 Å². The van der Waals surface area contributed by atoms with Crippen LogP contribution in [0.2, 0.25) is 5.02 Å². The van der Waals surface area contributed by atoms with Crippen LogP contribution in [0.15, 0.2) is 18.2 Å². The number of rotatable bonds is 3. The van der Waals surface area contributed by atoms with Crippen LogP contribution >= 0.6 is 22.9 Å². The van der Waals surface area contributed by atoms with Gasteiger partial charge in [0.15, 0.2) is 5.13 Å². The summed E-state index contributed by atoms with van der Waals surface area (Å²) in [7, 11) is 0. The lowest BCUT2D eigenvalue weighted by molar-refractivity contribution is -0.156. The Morgan fingerprint density at radius 3 is 2.52 bits per heavy atom. The van der Waals surface area contributed by atoms with E-state index in [2.05, 4.69) is 9.88 Å². The van der Waals surface area contributed by atoms with Crippen molar-refractivity contribution in [3.05, 3.63) is 23.2 Å². The van der Waals surface area contributed by atoms with Gasteiger partial charge in [-0.25, -0.2) is 4.98 Å². The maximum atomic E-state index is 12.5. The van der Waals surface area contributed by atoms with Crippen LogP contribution in [0.25, 0.3) is 10.2 Å². The Balaban J connectivity index is 1.40. The van der Waals surface area contributed by atoms with Gasteiger partial charge < -0.3 is 14.9 Å². The number of hydrogen-bond donors (Lipinski definition) is 1. The monoisotopic (exact) mass is 379 g/mol. The number of amides is 1. The average molecular weight is 380 g/mol. The number of halogens is 1. The van der Waals surface area contributed by atoms with Crippen LogP contribution in [-0.4, -0.2) is 53.0 Å². The standard InChI is InChI=1S/C17H18ClN3O3S/c18-10-1-4-13-14(9-10)25-17(19-13)21-7-5-20(6-8-21)15(22)11-2-3-12(11)16(23)24/h1,4,9,11-12H,2-3,5-8H2,(H,23,24)/t11-,12+/m0/s1. The van der Waals surface area contributed by atoms with Crippen molar-refractivity contribution < 1.29 is 14.7 Å². The molecule has 6 nitrogen and oxygen atoms in total. The molecule has 1 aliphatic heterocycles. The van der Waals surface area contributed by atoms with Gasteiger partial charge in [-0.15, -0.1) is 0 Å². The number of piperazine rings is 1. The van der Waals surface area contributed by atoms with Crippen LogP contribution in [0, 0.1) is 11.8 Å². The molecule has 4 rings (SSSR count). The largest absolute Gasteiger partial charge is 0.481 e. The van der Waals surface area contributed by atoms with Crippen molar-refractivity contribution in [3.63, 3.8) is 0 Å². The molecule has 1 amide bonds. The maximum Gasteiger partial charge on any atom is 0.307 e. The van der Waals surface area contributed by atoms with E-state index in [1.165, 1.54) is 0 Å². The second-order valence-corrected chi connectivity index (χ2v) is 7.99. The molecule has 0 unspecified atom stereocenters. The second-order valence-electron chi connectivity index (χ2n) is 6.55. The fourth-order valence-electron chi connectivity index (χ4n) is 3.47. The van der Waals surface area contributed by atoms with Crippen molar-refractivity contribution in [1.29, 1.82) is 0 Å². The lowest BCUT2D eigenvalue weighted by Crippen LogP contribution is -2.53. The molecule has 2 atom stereocenters. The molecule has 0 bridgehead atoms. The van der Waals surface area contributed by atoms with E-state index in [4.69, 9.17) is 16.7 Å². The average Bonchev–Trinajstić information content (AvgIpc) is 2.96. The van der Waals surface area contributed by atoms with E-state index in [9.17, 15) is 9.59 Å². The summed E-state index contributed by atoms with van der Waals surface area (Å²) in [6, 6.07) is 5.67. The molecular weight excluding hydrogens is 362 g/mol. The van der Waals surface area contributed by atoms with E-state index in [1.807, 2.05) is 18.2 Å². The van der Waals surface area contributed by atoms with Crippen LogP contribution in [0.3, 0.4) is 0 Å². The van der Waals surface area contributed by atoms with Crippen molar-refractivity contribution >= 4 is 50.2 Å². The topological polar surface area (TPSA) is 73.7 Å². The first kappa shape index (κ1) is 16.6. The molecule has 2 heterocycles. The molecule has 0 spiro atoms. The first-order valence-electron chi connectivity index (χ1n) is 8.35. The summed E-state index contributed by atoms with van der Waals surface area (Å²) in [5.41, 5.74) is 0.932. The minimum Gasteiger partial charge on any atom is -0.481 e. The molecule has 2 aliphatic rings. The molecule has 2 fully saturated rings. The number of carbonyl (C=O) groups excluding carboxylic acids is 1. The van der Waals surface area contributed by atoms with Crippen LogP contribution in [0.1, 0.15) is 12.8 Å².